The number of hydrogen-bond donors (Lipinski definition) is 1. The van der Waals surface area contributed by atoms with Gasteiger partial charge in [-0.15, -0.1) is 10.2 Å². The van der Waals surface area contributed by atoms with Crippen molar-refractivity contribution in [2.24, 2.45) is 0 Å². The molecule has 0 spiro atoms. The highest BCUT2D eigenvalue weighted by Crippen LogP contribution is 2.17. The minimum Gasteiger partial charge on any atom is -0.296 e. The zero-order valence-electron chi connectivity index (χ0n) is 11.5. The lowest BCUT2D eigenvalue weighted by atomic mass is 10.1. The van der Waals surface area contributed by atoms with Crippen molar-refractivity contribution in [3.63, 3.8) is 0 Å². The van der Waals surface area contributed by atoms with Gasteiger partial charge in [0.25, 0.3) is 5.91 Å². The molecule has 2 aromatic rings. The Morgan fingerprint density at radius 3 is 2.81 bits per heavy atom. The summed E-state index contributed by atoms with van der Waals surface area (Å²) in [4.78, 5) is 12.1. The van der Waals surface area contributed by atoms with Crippen LogP contribution in [0, 0.1) is 11.3 Å². The zero-order chi connectivity index (χ0) is 15.1. The number of benzene rings is 1. The van der Waals surface area contributed by atoms with Crippen molar-refractivity contribution < 1.29 is 4.79 Å². The van der Waals surface area contributed by atoms with Crippen LogP contribution >= 0.6 is 11.3 Å². The molecule has 2 rings (SSSR count). The summed E-state index contributed by atoms with van der Waals surface area (Å²) >= 11 is 1.33. The minimum atomic E-state index is -0.472. The smallest absolute Gasteiger partial charge is 0.268 e. The van der Waals surface area contributed by atoms with E-state index in [1.165, 1.54) is 11.3 Å². The number of carbonyl (C=O) groups excluding carboxylic acids is 1. The van der Waals surface area contributed by atoms with Gasteiger partial charge in [-0.3, -0.25) is 10.1 Å². The first kappa shape index (κ1) is 14.9. The molecule has 0 bridgehead atoms. The average Bonchev–Trinajstić information content (AvgIpc) is 2.93. The van der Waals surface area contributed by atoms with Gasteiger partial charge in [-0.1, -0.05) is 48.6 Å². The zero-order valence-corrected chi connectivity index (χ0v) is 12.4. The Morgan fingerprint density at radius 2 is 2.14 bits per heavy atom. The first-order valence-corrected chi connectivity index (χ1v) is 7.35. The number of nitrogens with one attached hydrogen (secondary N) is 1. The Hall–Kier alpha value is -2.52. The Balaban J connectivity index is 2.10. The molecule has 1 aromatic heterocycles. The summed E-state index contributed by atoms with van der Waals surface area (Å²) in [6, 6.07) is 11.1. The van der Waals surface area contributed by atoms with Crippen LogP contribution in [0.2, 0.25) is 0 Å². The summed E-state index contributed by atoms with van der Waals surface area (Å²) < 4.78 is 0. The second-order valence-electron chi connectivity index (χ2n) is 4.29. The van der Waals surface area contributed by atoms with E-state index in [0.717, 1.165) is 23.4 Å². The van der Waals surface area contributed by atoms with Crippen molar-refractivity contribution in [2.45, 2.75) is 19.8 Å². The van der Waals surface area contributed by atoms with Crippen molar-refractivity contribution in [2.75, 3.05) is 5.32 Å². The molecule has 6 heteroatoms. The van der Waals surface area contributed by atoms with Crippen LogP contribution in [0.4, 0.5) is 5.13 Å². The number of nitriles is 1. The molecule has 1 amide bonds. The molecule has 106 valence electrons. The highest BCUT2D eigenvalue weighted by molar-refractivity contribution is 7.15. The van der Waals surface area contributed by atoms with Crippen LogP contribution in [-0.2, 0) is 11.2 Å². The fourth-order valence-corrected chi connectivity index (χ4v) is 2.48. The van der Waals surface area contributed by atoms with Crippen molar-refractivity contribution in [3.05, 3.63) is 46.5 Å². The third-order valence-electron chi connectivity index (χ3n) is 2.63. The lowest BCUT2D eigenvalue weighted by Gasteiger charge is -1.99. The van der Waals surface area contributed by atoms with Gasteiger partial charge in [-0.05, 0) is 18.1 Å². The second kappa shape index (κ2) is 7.31. The van der Waals surface area contributed by atoms with Gasteiger partial charge in [0, 0.05) is 6.42 Å². The number of aryl methyl sites for hydroxylation is 1. The molecule has 5 nitrogen and oxygen atoms in total. The number of carbonyl (C=O) groups is 1. The molecule has 0 saturated heterocycles. The van der Waals surface area contributed by atoms with Crippen LogP contribution in [-0.4, -0.2) is 16.1 Å². The minimum absolute atomic E-state index is 0.0356. The number of amides is 1. The van der Waals surface area contributed by atoms with Crippen molar-refractivity contribution in [3.8, 4) is 6.07 Å². The molecule has 0 aliphatic heterocycles. The molecular weight excluding hydrogens is 284 g/mol. The van der Waals surface area contributed by atoms with Crippen LogP contribution in [0.5, 0.6) is 0 Å². The van der Waals surface area contributed by atoms with Gasteiger partial charge in [-0.25, -0.2) is 0 Å². The number of rotatable bonds is 5. The molecule has 1 aromatic carbocycles. The van der Waals surface area contributed by atoms with Crippen LogP contribution in [0.1, 0.15) is 23.9 Å². The van der Waals surface area contributed by atoms with E-state index in [9.17, 15) is 4.79 Å². The summed E-state index contributed by atoms with van der Waals surface area (Å²) in [5.41, 5.74) is 0.835. The van der Waals surface area contributed by atoms with Gasteiger partial charge >= 0.3 is 0 Å². The van der Waals surface area contributed by atoms with E-state index in [0.29, 0.717) is 5.13 Å². The standard InChI is InChI=1S/C15H14N4OS/c1-2-6-13-18-19-15(21-13)17-14(20)12(10-16)9-11-7-4-3-5-8-11/h3-5,7-9H,2,6H2,1H3,(H,17,19,20)/b12-9+. The van der Waals surface area contributed by atoms with Gasteiger partial charge < -0.3 is 0 Å². The second-order valence-corrected chi connectivity index (χ2v) is 5.35. The van der Waals surface area contributed by atoms with Gasteiger partial charge in [0.2, 0.25) is 5.13 Å². The average molecular weight is 298 g/mol. The Bertz CT molecular complexity index is 685. The van der Waals surface area contributed by atoms with Gasteiger partial charge in [-0.2, -0.15) is 5.26 Å². The van der Waals surface area contributed by atoms with Crippen molar-refractivity contribution in [1.29, 1.82) is 5.26 Å². The molecule has 0 radical (unpaired) electrons. The van der Waals surface area contributed by atoms with E-state index in [1.54, 1.807) is 6.08 Å². The predicted molar refractivity (Wildman–Crippen MR) is 82.6 cm³/mol. The lowest BCUT2D eigenvalue weighted by Crippen LogP contribution is -2.13. The number of hydrogen-bond acceptors (Lipinski definition) is 5. The van der Waals surface area contributed by atoms with E-state index < -0.39 is 5.91 Å². The van der Waals surface area contributed by atoms with Gasteiger partial charge in [0.1, 0.15) is 16.6 Å². The van der Waals surface area contributed by atoms with E-state index in [4.69, 9.17) is 5.26 Å². The first-order valence-electron chi connectivity index (χ1n) is 6.53. The maximum absolute atomic E-state index is 12.1. The van der Waals surface area contributed by atoms with E-state index in [-0.39, 0.29) is 5.57 Å². The number of anilines is 1. The maximum Gasteiger partial charge on any atom is 0.268 e. The van der Waals surface area contributed by atoms with E-state index in [1.807, 2.05) is 36.4 Å². The van der Waals surface area contributed by atoms with Crippen molar-refractivity contribution in [1.82, 2.24) is 10.2 Å². The first-order chi connectivity index (χ1) is 10.2. The SMILES string of the molecule is CCCc1nnc(NC(=O)/C(C#N)=C/c2ccccc2)s1. The summed E-state index contributed by atoms with van der Waals surface area (Å²) in [6.07, 6.45) is 3.35. The largest absolute Gasteiger partial charge is 0.296 e. The predicted octanol–water partition coefficient (Wildman–Crippen LogP) is 3.04. The Kier molecular flexibility index (Phi) is 5.18. The van der Waals surface area contributed by atoms with Gasteiger partial charge in [0.15, 0.2) is 0 Å². The highest BCUT2D eigenvalue weighted by Gasteiger charge is 2.12. The Morgan fingerprint density at radius 1 is 1.38 bits per heavy atom. The molecule has 0 unspecified atom stereocenters. The van der Waals surface area contributed by atoms with Crippen molar-refractivity contribution >= 4 is 28.5 Å². The topological polar surface area (TPSA) is 78.7 Å². The molecule has 0 aliphatic carbocycles. The third-order valence-corrected chi connectivity index (χ3v) is 3.53. The van der Waals surface area contributed by atoms with Crippen LogP contribution in [0.15, 0.2) is 35.9 Å². The number of nitrogens with zero attached hydrogens (tertiary/aromatic N) is 3. The molecular formula is C15H14N4OS. The van der Waals surface area contributed by atoms with Crippen LogP contribution < -0.4 is 5.32 Å². The van der Waals surface area contributed by atoms with Gasteiger partial charge in [0.05, 0.1) is 0 Å². The molecule has 0 fully saturated rings. The fraction of sp³-hybridized carbons (Fsp3) is 0.200. The molecule has 0 atom stereocenters. The molecule has 1 N–H and O–H groups in total. The van der Waals surface area contributed by atoms with Crippen LogP contribution in [0.25, 0.3) is 6.08 Å². The molecule has 0 aliphatic rings. The summed E-state index contributed by atoms with van der Waals surface area (Å²) in [5.74, 6) is -0.472. The monoisotopic (exact) mass is 298 g/mol. The Labute approximate surface area is 127 Å². The summed E-state index contributed by atoms with van der Waals surface area (Å²) in [6.45, 7) is 2.05. The van der Waals surface area contributed by atoms with E-state index in [2.05, 4.69) is 22.4 Å². The van der Waals surface area contributed by atoms with E-state index >= 15 is 0 Å². The maximum atomic E-state index is 12.1. The number of aromatic nitrogens is 2. The summed E-state index contributed by atoms with van der Waals surface area (Å²) in [7, 11) is 0. The molecule has 1 heterocycles. The molecule has 21 heavy (non-hydrogen) atoms. The normalized spacial score (nSPS) is 11.0. The third kappa shape index (κ3) is 4.23. The fourth-order valence-electron chi connectivity index (χ4n) is 1.65. The molecule has 0 saturated carbocycles. The van der Waals surface area contributed by atoms with Crippen LogP contribution in [0.3, 0.4) is 0 Å². The lowest BCUT2D eigenvalue weighted by molar-refractivity contribution is -0.112. The quantitative estimate of drug-likeness (QED) is 0.679. The summed E-state index contributed by atoms with van der Waals surface area (Å²) in [5, 5.41) is 20.9. The highest BCUT2D eigenvalue weighted by atomic mass is 32.1.